The van der Waals surface area contributed by atoms with E-state index in [0.717, 1.165) is 170 Å². The summed E-state index contributed by atoms with van der Waals surface area (Å²) in [6.07, 6.45) is 22.5. The van der Waals surface area contributed by atoms with Gasteiger partial charge in [0.15, 0.2) is 0 Å². The molecule has 0 fully saturated rings. The van der Waals surface area contributed by atoms with Crippen molar-refractivity contribution in [3.05, 3.63) is 217 Å². The fourth-order valence-electron chi connectivity index (χ4n) is 11.9. The van der Waals surface area contributed by atoms with Crippen LogP contribution in [0.4, 0.5) is 0 Å². The summed E-state index contributed by atoms with van der Waals surface area (Å²) in [4.78, 5) is 77.4. The van der Waals surface area contributed by atoms with Gasteiger partial charge in [-0.3, -0.25) is 37.4 Å². The number of nitrogens with zero attached hydrogens (tertiary/aromatic N) is 12. The Labute approximate surface area is 678 Å². The number of halogens is 2. The van der Waals surface area contributed by atoms with Crippen molar-refractivity contribution < 1.29 is 56.9 Å². The maximum atomic E-state index is 12.8. The van der Waals surface area contributed by atoms with E-state index in [1.807, 2.05) is 85.0 Å². The number of pyridine rings is 2. The maximum Gasteiger partial charge on any atom is 1.00 e. The molecule has 4 atom stereocenters. The molecule has 10 heterocycles. The first-order valence-electron chi connectivity index (χ1n) is 34.9. The van der Waals surface area contributed by atoms with Crippen molar-refractivity contribution in [2.24, 2.45) is 23.7 Å². The molecule has 10 aromatic rings. The molecule has 4 aliphatic rings. The van der Waals surface area contributed by atoms with Crippen molar-refractivity contribution in [1.29, 1.82) is 10.5 Å². The summed E-state index contributed by atoms with van der Waals surface area (Å²) in [5, 5.41) is 20.0. The van der Waals surface area contributed by atoms with E-state index in [9.17, 15) is 19.2 Å². The largest absolute Gasteiger partial charge is 1.00 e. The summed E-state index contributed by atoms with van der Waals surface area (Å²) in [5.74, 6) is 18.1. The molecular weight excluding hydrogens is 1500 g/mol. The number of rotatable bonds is 0. The minimum atomic E-state index is -1.40. The monoisotopic (exact) mass is 1590 g/mol. The van der Waals surface area contributed by atoms with Gasteiger partial charge >= 0.3 is 51.4 Å². The molecular formula is C83H91Br2KN12O5Si2. The summed E-state index contributed by atoms with van der Waals surface area (Å²) >= 11 is 6.57. The third-order valence-electron chi connectivity index (χ3n) is 18.1. The predicted octanol–water partition coefficient (Wildman–Crippen LogP) is 12.8. The summed E-state index contributed by atoms with van der Waals surface area (Å²) in [6, 6.07) is 36.7. The smallest absolute Gasteiger partial charge is 0.870 e. The number of nitriles is 2. The van der Waals surface area contributed by atoms with E-state index in [0.29, 0.717) is 67.0 Å². The molecule has 0 saturated heterocycles. The van der Waals surface area contributed by atoms with Crippen LogP contribution in [0.25, 0.3) is 43.6 Å². The van der Waals surface area contributed by atoms with Crippen LogP contribution in [0.2, 0.25) is 39.3 Å². The van der Waals surface area contributed by atoms with Gasteiger partial charge in [-0.25, -0.2) is 29.9 Å². The van der Waals surface area contributed by atoms with Gasteiger partial charge in [-0.1, -0.05) is 120 Å². The van der Waals surface area contributed by atoms with E-state index in [2.05, 4.69) is 154 Å². The Hall–Kier alpha value is -8.05. The summed E-state index contributed by atoms with van der Waals surface area (Å²) < 4.78 is 9.06. The molecule has 0 radical (unpaired) electrons. The van der Waals surface area contributed by atoms with Crippen molar-refractivity contribution in [3.63, 3.8) is 0 Å². The minimum absolute atomic E-state index is 0. The van der Waals surface area contributed by atoms with Crippen LogP contribution in [-0.4, -0.2) is 69.8 Å². The topological polar surface area (TPSA) is 243 Å². The van der Waals surface area contributed by atoms with Crippen molar-refractivity contribution in [2.45, 2.75) is 178 Å². The second-order valence-corrected chi connectivity index (χ2v) is 40.1. The van der Waals surface area contributed by atoms with Crippen molar-refractivity contribution in [2.75, 3.05) is 0 Å². The van der Waals surface area contributed by atoms with Crippen LogP contribution in [0, 0.1) is 93.9 Å². The molecule has 14 rings (SSSR count). The molecule has 105 heavy (non-hydrogen) atoms. The number of benzene rings is 4. The maximum absolute atomic E-state index is 12.8. The van der Waals surface area contributed by atoms with Crippen LogP contribution in [0.5, 0.6) is 0 Å². The molecule has 0 spiro atoms. The number of hydrogen-bond donors (Lipinski definition) is 0. The van der Waals surface area contributed by atoms with E-state index < -0.39 is 16.1 Å². The molecule has 1 N–H and O–H groups in total. The SMILES string of the molecule is C.C#C[Si](C)(C)C.C#Cc1ccc2c(=O)n3c(nc2c1)CCC(C)CC3.CC1CCc2nc3cc(Br)ccc3c(=O)n2CC1.CC1CCc2nc3cc(C#C[Si](C)(C)C)ccc3c(=O)n2CC1.CC1CCc2nc3cc(C#Cc4cccc(C#N)n4)ccc3c(=O)n2CC1.N#Cc1cccc(Br)n1.[K+].[OH-]. The summed E-state index contributed by atoms with van der Waals surface area (Å²) in [7, 11) is -2.51. The number of aromatic nitrogens is 10. The van der Waals surface area contributed by atoms with Crippen molar-refractivity contribution in [1.82, 2.24) is 48.2 Å². The molecule has 0 aliphatic carbocycles. The average molecular weight is 1590 g/mol. The van der Waals surface area contributed by atoms with E-state index in [4.69, 9.17) is 33.3 Å². The van der Waals surface area contributed by atoms with Crippen LogP contribution in [0.15, 0.2) is 137 Å². The van der Waals surface area contributed by atoms with Gasteiger partial charge < -0.3 is 5.48 Å². The summed E-state index contributed by atoms with van der Waals surface area (Å²) in [5.41, 5.74) is 13.2. The molecule has 4 aliphatic heterocycles. The van der Waals surface area contributed by atoms with Gasteiger partial charge in [0.2, 0.25) is 0 Å². The second-order valence-electron chi connectivity index (χ2n) is 28.8. The zero-order valence-corrected chi connectivity index (χ0v) is 69.7. The predicted molar refractivity (Wildman–Crippen MR) is 431 cm³/mol. The zero-order chi connectivity index (χ0) is 73.4. The van der Waals surface area contributed by atoms with Crippen molar-refractivity contribution >= 4 is 91.6 Å². The van der Waals surface area contributed by atoms with Crippen LogP contribution < -0.4 is 73.6 Å². The van der Waals surface area contributed by atoms with Gasteiger partial charge in [-0.15, -0.1) is 23.9 Å². The summed E-state index contributed by atoms with van der Waals surface area (Å²) in [6.45, 7) is 25.2. The number of aryl methyl sites for hydroxylation is 4. The van der Waals surface area contributed by atoms with Gasteiger partial charge in [-0.05, 0) is 194 Å². The Kier molecular flexibility index (Phi) is 32.3. The van der Waals surface area contributed by atoms with Crippen LogP contribution in [-0.2, 0) is 51.9 Å². The first-order chi connectivity index (χ1) is 48.7. The third-order valence-corrected chi connectivity index (χ3v) is 20.8. The van der Waals surface area contributed by atoms with E-state index in [1.54, 1.807) is 54.6 Å². The number of terminal acetylenes is 2. The van der Waals surface area contributed by atoms with E-state index >= 15 is 0 Å². The van der Waals surface area contributed by atoms with Gasteiger partial charge in [0, 0.05) is 73.0 Å². The van der Waals surface area contributed by atoms with Crippen LogP contribution >= 0.6 is 31.9 Å². The van der Waals surface area contributed by atoms with Gasteiger partial charge in [-0.2, -0.15) is 10.5 Å². The molecule has 4 aromatic carbocycles. The molecule has 17 nitrogen and oxygen atoms in total. The first kappa shape index (κ1) is 85.9. The van der Waals surface area contributed by atoms with Crippen LogP contribution in [0.3, 0.4) is 0 Å². The molecule has 4 unspecified atom stereocenters. The average Bonchev–Trinajstić information content (AvgIpc) is 1.74. The second kappa shape index (κ2) is 39.5. The van der Waals surface area contributed by atoms with Crippen molar-refractivity contribution in [3.8, 4) is 59.8 Å². The van der Waals surface area contributed by atoms with Gasteiger partial charge in [0.1, 0.15) is 73.3 Å². The fraction of sp³-hybridized carbons (Fsp3) is 0.373. The Balaban J connectivity index is 0.000000206. The molecule has 6 aromatic heterocycles. The van der Waals surface area contributed by atoms with Gasteiger partial charge in [0.25, 0.3) is 22.2 Å². The Bertz CT molecular complexity index is 5380. The zero-order valence-electron chi connectivity index (χ0n) is 61.4. The Morgan fingerprint density at radius 1 is 0.429 bits per heavy atom. The van der Waals surface area contributed by atoms with E-state index in [1.165, 1.54) is 0 Å². The molecule has 536 valence electrons. The number of fused-ring (bicyclic) bond motifs is 8. The van der Waals surface area contributed by atoms with Crippen LogP contribution in [0.1, 0.15) is 144 Å². The molecule has 0 amide bonds. The minimum Gasteiger partial charge on any atom is -0.870 e. The third kappa shape index (κ3) is 24.0. The van der Waals surface area contributed by atoms with Gasteiger partial charge in [0.05, 0.1) is 43.6 Å². The normalized spacial score (nSPS) is 16.1. The standard InChI is InChI=1S/C22H18N4O.C19H24N2OSi.C16H16N2O.C14H15BrN2O.C6H3BrN2.C5H10Si.CH4.K.H2O/c1-15-5-10-21-25-20-13-16(6-8-17-3-2-4-18(14-23)24-17)7-9-19(20)22(27)26(21)12-11-15;1-14-5-8-18-20-17-13-15(10-12-23(2,3)4)6-7-16(17)19(22)21(18)11-9-14;1-3-12-5-6-13-14(10-12)17-15-7-4-11(2)8-9-18(15)16(13)19;1-9-2-5-13-16-12-8-10(15)3-4-11(12)14(18)17(13)7-6-9;7-6-3-1-2-5(4-8)9-6;1-5-6(2,3)4;;;/h2-4,7,9,13,15H,5,10-12H2,1H3;6-7,13-14H,5,8-9,11H2,1-4H3;1,5-6,10-11H,4,7-9H2,2H3;3-4,8-9H,2,5-7H2,1H3;1-3H;1H,2-4H3;1H4;;1H2/q;;;;;;;+1;/p-1. The fourth-order valence-corrected chi connectivity index (χ4v) is 13.1. The Morgan fingerprint density at radius 2 is 0.762 bits per heavy atom. The van der Waals surface area contributed by atoms with E-state index in [-0.39, 0.29) is 86.5 Å². The molecule has 0 bridgehead atoms. The Morgan fingerprint density at radius 3 is 1.11 bits per heavy atom. The number of hydrogen-bond acceptors (Lipinski definition) is 13. The molecule has 22 heteroatoms. The first-order valence-corrected chi connectivity index (χ1v) is 43.5. The molecule has 0 saturated carbocycles. The quantitative estimate of drug-likeness (QED) is 0.0780.